The number of nitro benzene ring substituents is 1. The number of thioether (sulfide) groups is 1. The second kappa shape index (κ2) is 5.53. The highest BCUT2D eigenvalue weighted by molar-refractivity contribution is 8.04. The third-order valence-electron chi connectivity index (χ3n) is 2.23. The average molecular weight is 279 g/mol. The fraction of sp³-hybridized carbons (Fsp3) is 0.0909. The van der Waals surface area contributed by atoms with Crippen LogP contribution >= 0.6 is 11.8 Å². The van der Waals surface area contributed by atoms with Crippen molar-refractivity contribution in [2.75, 3.05) is 11.1 Å². The van der Waals surface area contributed by atoms with Crippen molar-refractivity contribution in [2.45, 2.75) is 0 Å². The van der Waals surface area contributed by atoms with Crippen molar-refractivity contribution in [3.05, 3.63) is 45.5 Å². The molecule has 0 saturated carbocycles. The molecule has 19 heavy (non-hydrogen) atoms. The van der Waals surface area contributed by atoms with Crippen LogP contribution < -0.4 is 10.6 Å². The number of amides is 2. The summed E-state index contributed by atoms with van der Waals surface area (Å²) in [5.74, 6) is -0.241. The standard InChI is InChI=1S/C11H9N3O4S/c15-9(5-11-13-10(16)6-19-11)12-7-1-3-8(4-2-7)14(17)18/h1-5H,6H2,(H,12,15)(H,13,16)/b11-5-. The predicted octanol–water partition coefficient (Wildman–Crippen LogP) is 1.24. The Kier molecular flexibility index (Phi) is 3.81. The second-order valence-corrected chi connectivity index (χ2v) is 4.66. The molecule has 2 N–H and O–H groups in total. The molecule has 0 radical (unpaired) electrons. The van der Waals surface area contributed by atoms with Gasteiger partial charge in [0.25, 0.3) is 11.6 Å². The van der Waals surface area contributed by atoms with E-state index < -0.39 is 10.8 Å². The van der Waals surface area contributed by atoms with Crippen LogP contribution in [0.2, 0.25) is 0 Å². The van der Waals surface area contributed by atoms with Gasteiger partial charge >= 0.3 is 0 Å². The Morgan fingerprint density at radius 1 is 1.42 bits per heavy atom. The third kappa shape index (κ3) is 3.55. The molecule has 0 bridgehead atoms. The van der Waals surface area contributed by atoms with Gasteiger partial charge in [-0.3, -0.25) is 19.7 Å². The lowest BCUT2D eigenvalue weighted by Gasteiger charge is -2.02. The van der Waals surface area contributed by atoms with Gasteiger partial charge in [-0.2, -0.15) is 0 Å². The summed E-state index contributed by atoms with van der Waals surface area (Å²) in [7, 11) is 0. The van der Waals surface area contributed by atoms with Crippen molar-refractivity contribution < 1.29 is 14.5 Å². The number of carbonyl (C=O) groups is 2. The topological polar surface area (TPSA) is 101 Å². The van der Waals surface area contributed by atoms with Crippen LogP contribution in [0, 0.1) is 10.1 Å². The van der Waals surface area contributed by atoms with Crippen LogP contribution in [0.1, 0.15) is 0 Å². The zero-order valence-corrected chi connectivity index (χ0v) is 10.4. The fourth-order valence-electron chi connectivity index (χ4n) is 1.39. The maximum absolute atomic E-state index is 11.6. The highest BCUT2D eigenvalue weighted by Crippen LogP contribution is 2.19. The molecule has 1 aromatic carbocycles. The number of rotatable bonds is 3. The van der Waals surface area contributed by atoms with Crippen LogP contribution in [-0.4, -0.2) is 22.5 Å². The molecule has 0 aliphatic carbocycles. The minimum atomic E-state index is -0.516. The number of non-ortho nitro benzene ring substituents is 1. The molecule has 2 amide bonds. The van der Waals surface area contributed by atoms with E-state index in [1.807, 2.05) is 0 Å². The first-order valence-electron chi connectivity index (χ1n) is 5.24. The van der Waals surface area contributed by atoms with Gasteiger partial charge in [0.05, 0.1) is 15.7 Å². The van der Waals surface area contributed by atoms with Gasteiger partial charge in [-0.15, -0.1) is 0 Å². The molecule has 1 aliphatic heterocycles. The SMILES string of the molecule is O=C(/C=C1/NC(=O)CS1)Nc1ccc([N+](=O)[O-])cc1. The smallest absolute Gasteiger partial charge is 0.269 e. The number of hydrogen-bond donors (Lipinski definition) is 2. The molecule has 1 aliphatic rings. The number of benzene rings is 1. The molecule has 1 aromatic rings. The van der Waals surface area contributed by atoms with E-state index in [4.69, 9.17) is 0 Å². The Morgan fingerprint density at radius 3 is 2.63 bits per heavy atom. The normalized spacial score (nSPS) is 16.2. The predicted molar refractivity (Wildman–Crippen MR) is 70.4 cm³/mol. The van der Waals surface area contributed by atoms with E-state index in [0.29, 0.717) is 16.5 Å². The molecule has 0 unspecified atom stereocenters. The van der Waals surface area contributed by atoms with Crippen molar-refractivity contribution in [1.29, 1.82) is 0 Å². The minimum Gasteiger partial charge on any atom is -0.322 e. The molecule has 98 valence electrons. The highest BCUT2D eigenvalue weighted by atomic mass is 32.2. The first-order chi connectivity index (χ1) is 9.04. The maximum atomic E-state index is 11.6. The Morgan fingerprint density at radius 2 is 2.11 bits per heavy atom. The Bertz CT molecular complexity index is 568. The summed E-state index contributed by atoms with van der Waals surface area (Å²) < 4.78 is 0. The van der Waals surface area contributed by atoms with Crippen LogP contribution in [0.5, 0.6) is 0 Å². The van der Waals surface area contributed by atoms with Crippen LogP contribution in [0.3, 0.4) is 0 Å². The van der Waals surface area contributed by atoms with Crippen molar-refractivity contribution in [3.63, 3.8) is 0 Å². The molecular formula is C11H9N3O4S. The maximum Gasteiger partial charge on any atom is 0.269 e. The van der Waals surface area contributed by atoms with E-state index in [2.05, 4.69) is 10.6 Å². The lowest BCUT2D eigenvalue weighted by atomic mass is 10.3. The summed E-state index contributed by atoms with van der Waals surface area (Å²) in [6.07, 6.45) is 1.27. The van der Waals surface area contributed by atoms with E-state index >= 15 is 0 Å². The van der Waals surface area contributed by atoms with Crippen LogP contribution in [0.4, 0.5) is 11.4 Å². The van der Waals surface area contributed by atoms with Crippen molar-refractivity contribution >= 4 is 35.0 Å². The van der Waals surface area contributed by atoms with Crippen molar-refractivity contribution in [2.24, 2.45) is 0 Å². The first-order valence-corrected chi connectivity index (χ1v) is 6.23. The molecule has 0 spiro atoms. The molecule has 0 aromatic heterocycles. The molecule has 1 saturated heterocycles. The number of nitrogens with zero attached hydrogens (tertiary/aromatic N) is 1. The number of nitro groups is 1. The van der Waals surface area contributed by atoms with Gasteiger partial charge in [0.15, 0.2) is 0 Å². The summed E-state index contributed by atoms with van der Waals surface area (Å²) in [5, 5.41) is 16.0. The van der Waals surface area contributed by atoms with E-state index in [1.54, 1.807) is 0 Å². The Hall–Kier alpha value is -2.35. The monoisotopic (exact) mass is 279 g/mol. The molecule has 2 rings (SSSR count). The number of nitrogens with one attached hydrogen (secondary N) is 2. The van der Waals surface area contributed by atoms with Gasteiger partial charge < -0.3 is 10.6 Å². The summed E-state index contributed by atoms with van der Waals surface area (Å²) in [5.41, 5.74) is 0.400. The van der Waals surface area contributed by atoms with Gasteiger partial charge in [0.1, 0.15) is 0 Å². The molecule has 0 atom stereocenters. The van der Waals surface area contributed by atoms with Gasteiger partial charge in [-0.05, 0) is 12.1 Å². The van der Waals surface area contributed by atoms with Crippen molar-refractivity contribution in [3.8, 4) is 0 Å². The molecule has 7 nitrogen and oxygen atoms in total. The third-order valence-corrected chi connectivity index (χ3v) is 3.17. The zero-order valence-electron chi connectivity index (χ0n) is 9.58. The van der Waals surface area contributed by atoms with Crippen LogP contribution in [0.15, 0.2) is 35.4 Å². The first kappa shape index (κ1) is 13.1. The van der Waals surface area contributed by atoms with Gasteiger partial charge in [-0.25, -0.2) is 0 Å². The summed E-state index contributed by atoms with van der Waals surface area (Å²) >= 11 is 1.25. The summed E-state index contributed by atoms with van der Waals surface area (Å²) in [6, 6.07) is 5.48. The van der Waals surface area contributed by atoms with Gasteiger partial charge in [0, 0.05) is 23.9 Å². The van der Waals surface area contributed by atoms with E-state index in [-0.39, 0.29) is 11.6 Å². The average Bonchev–Trinajstić information content (AvgIpc) is 2.75. The highest BCUT2D eigenvalue weighted by Gasteiger charge is 2.16. The Balaban J connectivity index is 1.99. The summed E-state index contributed by atoms with van der Waals surface area (Å²) in [6.45, 7) is 0. The zero-order chi connectivity index (χ0) is 13.8. The molecule has 1 heterocycles. The molecule has 8 heteroatoms. The second-order valence-electron chi connectivity index (χ2n) is 3.64. The number of hydrogen-bond acceptors (Lipinski definition) is 5. The number of anilines is 1. The lowest BCUT2D eigenvalue weighted by molar-refractivity contribution is -0.384. The number of carbonyl (C=O) groups excluding carboxylic acids is 2. The summed E-state index contributed by atoms with van der Waals surface area (Å²) in [4.78, 5) is 32.5. The van der Waals surface area contributed by atoms with Gasteiger partial charge in [-0.1, -0.05) is 11.8 Å². The van der Waals surface area contributed by atoms with E-state index in [0.717, 1.165) is 0 Å². The van der Waals surface area contributed by atoms with Crippen LogP contribution in [-0.2, 0) is 9.59 Å². The van der Waals surface area contributed by atoms with E-state index in [9.17, 15) is 19.7 Å². The molecular weight excluding hydrogens is 270 g/mol. The lowest BCUT2D eigenvalue weighted by Crippen LogP contribution is -2.16. The molecule has 1 fully saturated rings. The van der Waals surface area contributed by atoms with E-state index in [1.165, 1.54) is 42.1 Å². The minimum absolute atomic E-state index is 0.0463. The Labute approximate surface area is 112 Å². The largest absolute Gasteiger partial charge is 0.322 e. The fourth-order valence-corrected chi connectivity index (χ4v) is 2.13. The van der Waals surface area contributed by atoms with Crippen molar-refractivity contribution in [1.82, 2.24) is 5.32 Å². The quantitative estimate of drug-likeness (QED) is 0.492. The van der Waals surface area contributed by atoms with Gasteiger partial charge in [0.2, 0.25) is 5.91 Å². The van der Waals surface area contributed by atoms with Crippen LogP contribution in [0.25, 0.3) is 0 Å².